The zero-order chi connectivity index (χ0) is 14.7. The van der Waals surface area contributed by atoms with Crippen molar-refractivity contribution in [2.75, 3.05) is 5.32 Å². The van der Waals surface area contributed by atoms with Crippen LogP contribution in [0.1, 0.15) is 26.3 Å². The summed E-state index contributed by atoms with van der Waals surface area (Å²) in [7, 11) is 0. The Balaban J connectivity index is 2.33. The van der Waals surface area contributed by atoms with Gasteiger partial charge >= 0.3 is 5.97 Å². The lowest BCUT2D eigenvalue weighted by molar-refractivity contribution is 0.0692. The Morgan fingerprint density at radius 1 is 1.10 bits per heavy atom. The summed E-state index contributed by atoms with van der Waals surface area (Å²) in [5.74, 6) is -1.58. The number of aryl methyl sites for hydroxylation is 1. The summed E-state index contributed by atoms with van der Waals surface area (Å²) in [5, 5.41) is 11.8. The van der Waals surface area contributed by atoms with Gasteiger partial charge in [-0.15, -0.1) is 0 Å². The number of carboxylic acids is 1. The molecule has 0 unspecified atom stereocenters. The van der Waals surface area contributed by atoms with E-state index in [1.54, 1.807) is 12.1 Å². The highest BCUT2D eigenvalue weighted by molar-refractivity contribution is 9.10. The Kier molecular flexibility index (Phi) is 4.20. The van der Waals surface area contributed by atoms with Gasteiger partial charge in [0.1, 0.15) is 0 Å². The molecule has 0 aliphatic heterocycles. The molecule has 0 aromatic heterocycles. The minimum absolute atomic E-state index is 0.0197. The van der Waals surface area contributed by atoms with Gasteiger partial charge in [0.05, 0.1) is 16.8 Å². The van der Waals surface area contributed by atoms with Crippen LogP contribution in [0.4, 0.5) is 5.69 Å². The first kappa shape index (κ1) is 14.3. The van der Waals surface area contributed by atoms with Gasteiger partial charge in [0.15, 0.2) is 0 Å². The average molecular weight is 334 g/mol. The maximum atomic E-state index is 12.2. The van der Waals surface area contributed by atoms with E-state index in [4.69, 9.17) is 5.11 Å². The van der Waals surface area contributed by atoms with E-state index in [0.717, 1.165) is 10.0 Å². The Bertz CT molecular complexity index is 683. The van der Waals surface area contributed by atoms with E-state index in [0.29, 0.717) is 5.69 Å². The predicted molar refractivity (Wildman–Crippen MR) is 80.2 cm³/mol. The molecule has 0 atom stereocenters. The van der Waals surface area contributed by atoms with Gasteiger partial charge in [-0.2, -0.15) is 0 Å². The van der Waals surface area contributed by atoms with Crippen molar-refractivity contribution in [2.45, 2.75) is 6.92 Å². The molecule has 102 valence electrons. The maximum Gasteiger partial charge on any atom is 0.336 e. The summed E-state index contributed by atoms with van der Waals surface area (Å²) in [6, 6.07) is 11.7. The summed E-state index contributed by atoms with van der Waals surface area (Å²) < 4.78 is 0.740. The van der Waals surface area contributed by atoms with Crippen LogP contribution in [0.15, 0.2) is 46.9 Å². The smallest absolute Gasteiger partial charge is 0.336 e. The van der Waals surface area contributed by atoms with Crippen LogP contribution < -0.4 is 5.32 Å². The molecule has 0 saturated carbocycles. The summed E-state index contributed by atoms with van der Waals surface area (Å²) in [6.07, 6.45) is 0. The largest absolute Gasteiger partial charge is 0.478 e. The fourth-order valence-corrected chi connectivity index (χ4v) is 2.14. The molecule has 0 spiro atoms. The topological polar surface area (TPSA) is 66.4 Å². The number of aromatic carboxylic acids is 1. The second-order valence-corrected chi connectivity index (χ2v) is 5.14. The summed E-state index contributed by atoms with van der Waals surface area (Å²) in [5.41, 5.74) is 1.72. The van der Waals surface area contributed by atoms with E-state index in [1.807, 2.05) is 25.1 Å². The Morgan fingerprint density at radius 2 is 1.75 bits per heavy atom. The van der Waals surface area contributed by atoms with Gasteiger partial charge in [-0.3, -0.25) is 4.79 Å². The molecule has 5 heteroatoms. The van der Waals surface area contributed by atoms with Crippen molar-refractivity contribution in [2.24, 2.45) is 0 Å². The number of rotatable bonds is 3. The van der Waals surface area contributed by atoms with Crippen LogP contribution in [0.25, 0.3) is 0 Å². The molecule has 2 N–H and O–H groups in total. The van der Waals surface area contributed by atoms with Crippen LogP contribution in [0, 0.1) is 6.92 Å². The predicted octanol–water partition coefficient (Wildman–Crippen LogP) is 3.71. The molecule has 20 heavy (non-hydrogen) atoms. The summed E-state index contributed by atoms with van der Waals surface area (Å²) >= 11 is 3.35. The molecule has 2 aromatic carbocycles. The van der Waals surface area contributed by atoms with Gasteiger partial charge in [-0.05, 0) is 52.7 Å². The van der Waals surface area contributed by atoms with Gasteiger partial charge in [-0.25, -0.2) is 4.79 Å². The normalized spacial score (nSPS) is 10.1. The van der Waals surface area contributed by atoms with Gasteiger partial charge < -0.3 is 10.4 Å². The fourth-order valence-electron chi connectivity index (χ4n) is 1.79. The molecule has 0 bridgehead atoms. The first-order chi connectivity index (χ1) is 9.49. The standard InChI is InChI=1S/C15H12BrNO3/c1-9-6-7-12(16)13(8-9)17-14(18)10-4-2-3-5-11(10)15(19)20/h2-8H,1H3,(H,17,18)(H,19,20). The van der Waals surface area contributed by atoms with E-state index < -0.39 is 11.9 Å². The molecule has 0 saturated heterocycles. The molecular weight excluding hydrogens is 322 g/mol. The van der Waals surface area contributed by atoms with Crippen molar-refractivity contribution < 1.29 is 14.7 Å². The van der Waals surface area contributed by atoms with E-state index in [2.05, 4.69) is 21.2 Å². The van der Waals surface area contributed by atoms with E-state index >= 15 is 0 Å². The third-order valence-corrected chi connectivity index (χ3v) is 3.46. The number of carboxylic acid groups (broad SMARTS) is 1. The van der Waals surface area contributed by atoms with Gasteiger partial charge in [-0.1, -0.05) is 18.2 Å². The van der Waals surface area contributed by atoms with Gasteiger partial charge in [0.25, 0.3) is 5.91 Å². The molecule has 0 radical (unpaired) electrons. The van der Waals surface area contributed by atoms with E-state index in [1.165, 1.54) is 12.1 Å². The number of hydrogen-bond donors (Lipinski definition) is 2. The Hall–Kier alpha value is -2.14. The minimum Gasteiger partial charge on any atom is -0.478 e. The minimum atomic E-state index is -1.13. The molecule has 0 heterocycles. The monoisotopic (exact) mass is 333 g/mol. The first-order valence-corrected chi connectivity index (χ1v) is 6.68. The third kappa shape index (κ3) is 3.05. The van der Waals surface area contributed by atoms with Crippen molar-refractivity contribution in [3.8, 4) is 0 Å². The molecule has 2 aromatic rings. The second kappa shape index (κ2) is 5.88. The zero-order valence-electron chi connectivity index (χ0n) is 10.7. The quantitative estimate of drug-likeness (QED) is 0.899. The molecule has 4 nitrogen and oxygen atoms in total. The number of nitrogens with one attached hydrogen (secondary N) is 1. The van der Waals surface area contributed by atoms with Crippen molar-refractivity contribution in [1.29, 1.82) is 0 Å². The number of hydrogen-bond acceptors (Lipinski definition) is 2. The number of carbonyl (C=O) groups is 2. The molecule has 1 amide bonds. The van der Waals surface area contributed by atoms with Crippen LogP contribution in [-0.4, -0.2) is 17.0 Å². The third-order valence-electron chi connectivity index (χ3n) is 2.77. The van der Waals surface area contributed by atoms with Crippen molar-refractivity contribution in [3.05, 3.63) is 63.6 Å². The summed E-state index contributed by atoms with van der Waals surface area (Å²) in [4.78, 5) is 23.3. The molecule has 2 rings (SSSR count). The second-order valence-electron chi connectivity index (χ2n) is 4.29. The summed E-state index contributed by atoms with van der Waals surface area (Å²) in [6.45, 7) is 1.91. The molecule has 0 fully saturated rings. The Labute approximate surface area is 124 Å². The van der Waals surface area contributed by atoms with Crippen LogP contribution in [0.3, 0.4) is 0 Å². The highest BCUT2D eigenvalue weighted by Crippen LogP contribution is 2.24. The van der Waals surface area contributed by atoms with Gasteiger partial charge in [0, 0.05) is 4.47 Å². The molecule has 0 aliphatic carbocycles. The number of anilines is 1. The lowest BCUT2D eigenvalue weighted by Gasteiger charge is -2.10. The number of carbonyl (C=O) groups excluding carboxylic acids is 1. The average Bonchev–Trinajstić information content (AvgIpc) is 2.42. The number of benzene rings is 2. The van der Waals surface area contributed by atoms with E-state index in [9.17, 15) is 9.59 Å². The first-order valence-electron chi connectivity index (χ1n) is 5.89. The SMILES string of the molecule is Cc1ccc(Br)c(NC(=O)c2ccccc2C(=O)O)c1. The fraction of sp³-hybridized carbons (Fsp3) is 0.0667. The Morgan fingerprint density at radius 3 is 2.40 bits per heavy atom. The van der Waals surface area contributed by atoms with Crippen LogP contribution in [0.5, 0.6) is 0 Å². The number of amides is 1. The molecule has 0 aliphatic rings. The molecular formula is C15H12BrNO3. The van der Waals surface area contributed by atoms with Crippen LogP contribution >= 0.6 is 15.9 Å². The lowest BCUT2D eigenvalue weighted by atomic mass is 10.1. The maximum absolute atomic E-state index is 12.2. The highest BCUT2D eigenvalue weighted by Gasteiger charge is 2.16. The van der Waals surface area contributed by atoms with Crippen molar-refractivity contribution in [3.63, 3.8) is 0 Å². The van der Waals surface area contributed by atoms with Gasteiger partial charge in [0.2, 0.25) is 0 Å². The highest BCUT2D eigenvalue weighted by atomic mass is 79.9. The van der Waals surface area contributed by atoms with Crippen molar-refractivity contribution >= 4 is 33.5 Å². The number of halogens is 1. The van der Waals surface area contributed by atoms with E-state index in [-0.39, 0.29) is 11.1 Å². The van der Waals surface area contributed by atoms with Crippen LogP contribution in [0.2, 0.25) is 0 Å². The lowest BCUT2D eigenvalue weighted by Crippen LogP contribution is -2.16. The van der Waals surface area contributed by atoms with Crippen LogP contribution in [-0.2, 0) is 0 Å². The zero-order valence-corrected chi connectivity index (χ0v) is 12.3. The van der Waals surface area contributed by atoms with Crippen molar-refractivity contribution in [1.82, 2.24) is 0 Å².